The molecule has 0 aliphatic rings. The standard InChI is InChI=1S/C20H19NO2/c1-14-7-3-4-8-16(14)12-20(22)23-15(2)18-11-17-9-5-6-10-19(17)21-13-18/h3-11,13,15H,12H2,1-2H3. The molecule has 0 bridgehead atoms. The van der Waals surface area contributed by atoms with Crippen LogP contribution in [0.5, 0.6) is 0 Å². The number of aryl methyl sites for hydroxylation is 1. The molecule has 116 valence electrons. The van der Waals surface area contributed by atoms with Crippen LogP contribution in [-0.2, 0) is 16.0 Å². The van der Waals surface area contributed by atoms with Crippen molar-refractivity contribution < 1.29 is 9.53 Å². The maximum atomic E-state index is 12.2. The highest BCUT2D eigenvalue weighted by Gasteiger charge is 2.14. The van der Waals surface area contributed by atoms with Crippen molar-refractivity contribution >= 4 is 16.9 Å². The van der Waals surface area contributed by atoms with E-state index in [0.717, 1.165) is 27.6 Å². The van der Waals surface area contributed by atoms with Crippen LogP contribution in [0.25, 0.3) is 10.9 Å². The summed E-state index contributed by atoms with van der Waals surface area (Å²) in [5, 5.41) is 1.05. The number of esters is 1. The molecule has 0 fully saturated rings. The summed E-state index contributed by atoms with van der Waals surface area (Å²) in [6, 6.07) is 17.8. The predicted octanol–water partition coefficient (Wildman–Crippen LogP) is 4.39. The molecule has 23 heavy (non-hydrogen) atoms. The third kappa shape index (κ3) is 3.57. The molecule has 1 heterocycles. The number of ether oxygens (including phenoxy) is 1. The van der Waals surface area contributed by atoms with Crippen molar-refractivity contribution in [3.63, 3.8) is 0 Å². The lowest BCUT2D eigenvalue weighted by molar-refractivity contribution is -0.147. The monoisotopic (exact) mass is 305 g/mol. The molecule has 0 amide bonds. The zero-order valence-corrected chi connectivity index (χ0v) is 13.3. The molecule has 3 heteroatoms. The number of fused-ring (bicyclic) bond motifs is 1. The molecule has 0 radical (unpaired) electrons. The van der Waals surface area contributed by atoms with Crippen LogP contribution in [0.3, 0.4) is 0 Å². The fourth-order valence-electron chi connectivity index (χ4n) is 2.58. The van der Waals surface area contributed by atoms with Gasteiger partial charge in [0.05, 0.1) is 11.9 Å². The first-order valence-electron chi connectivity index (χ1n) is 7.72. The number of benzene rings is 2. The second kappa shape index (κ2) is 6.61. The van der Waals surface area contributed by atoms with E-state index < -0.39 is 0 Å². The quantitative estimate of drug-likeness (QED) is 0.671. The summed E-state index contributed by atoms with van der Waals surface area (Å²) in [7, 11) is 0. The van der Waals surface area contributed by atoms with Crippen molar-refractivity contribution in [2.45, 2.75) is 26.4 Å². The Morgan fingerprint density at radius 2 is 1.87 bits per heavy atom. The zero-order valence-electron chi connectivity index (χ0n) is 13.3. The fraction of sp³-hybridized carbons (Fsp3) is 0.200. The number of hydrogen-bond acceptors (Lipinski definition) is 3. The van der Waals surface area contributed by atoms with Crippen molar-refractivity contribution in [2.75, 3.05) is 0 Å². The molecule has 1 unspecified atom stereocenters. The van der Waals surface area contributed by atoms with Crippen LogP contribution >= 0.6 is 0 Å². The van der Waals surface area contributed by atoms with E-state index in [1.54, 1.807) is 6.20 Å². The molecule has 3 nitrogen and oxygen atoms in total. The van der Waals surface area contributed by atoms with Gasteiger partial charge in [0.25, 0.3) is 0 Å². The van der Waals surface area contributed by atoms with Crippen LogP contribution < -0.4 is 0 Å². The van der Waals surface area contributed by atoms with Crippen LogP contribution in [0.15, 0.2) is 60.8 Å². The van der Waals surface area contributed by atoms with E-state index in [4.69, 9.17) is 4.74 Å². The predicted molar refractivity (Wildman–Crippen MR) is 91.1 cm³/mol. The molecule has 1 aromatic heterocycles. The lowest BCUT2D eigenvalue weighted by Crippen LogP contribution is -2.12. The number of carbonyl (C=O) groups excluding carboxylic acids is 1. The van der Waals surface area contributed by atoms with Crippen molar-refractivity contribution in [3.05, 3.63) is 77.5 Å². The highest BCUT2D eigenvalue weighted by atomic mass is 16.5. The summed E-state index contributed by atoms with van der Waals surface area (Å²) >= 11 is 0. The molecule has 0 saturated heterocycles. The average molecular weight is 305 g/mol. The van der Waals surface area contributed by atoms with Crippen LogP contribution in [0.2, 0.25) is 0 Å². The summed E-state index contributed by atoms with van der Waals surface area (Å²) in [5.74, 6) is -0.222. The van der Waals surface area contributed by atoms with Crippen molar-refractivity contribution in [1.82, 2.24) is 4.98 Å². The number of para-hydroxylation sites is 1. The lowest BCUT2D eigenvalue weighted by Gasteiger charge is -2.14. The molecule has 1 atom stereocenters. The van der Waals surface area contributed by atoms with Gasteiger partial charge in [0.1, 0.15) is 6.10 Å². The SMILES string of the molecule is Cc1ccccc1CC(=O)OC(C)c1cnc2ccccc2c1. The van der Waals surface area contributed by atoms with Gasteiger partial charge in [-0.05, 0) is 37.1 Å². The van der Waals surface area contributed by atoms with Gasteiger partial charge in [-0.1, -0.05) is 42.5 Å². The van der Waals surface area contributed by atoms with Gasteiger partial charge in [0.2, 0.25) is 0 Å². The molecular formula is C20H19NO2. The molecule has 0 saturated carbocycles. The Labute approximate surface area is 135 Å². The molecule has 3 aromatic rings. The second-order valence-corrected chi connectivity index (χ2v) is 5.70. The highest BCUT2D eigenvalue weighted by Crippen LogP contribution is 2.21. The van der Waals surface area contributed by atoms with Crippen LogP contribution in [-0.4, -0.2) is 11.0 Å². The van der Waals surface area contributed by atoms with Gasteiger partial charge >= 0.3 is 5.97 Å². The molecule has 0 N–H and O–H groups in total. The van der Waals surface area contributed by atoms with Gasteiger partial charge < -0.3 is 4.74 Å². The molecule has 2 aromatic carbocycles. The molecule has 0 aliphatic heterocycles. The second-order valence-electron chi connectivity index (χ2n) is 5.70. The number of aromatic nitrogens is 1. The summed E-state index contributed by atoms with van der Waals surface area (Å²) in [6.07, 6.45) is 1.75. The Morgan fingerprint density at radius 3 is 2.70 bits per heavy atom. The normalized spacial score (nSPS) is 12.1. The van der Waals surface area contributed by atoms with Gasteiger partial charge in [-0.3, -0.25) is 9.78 Å². The minimum Gasteiger partial charge on any atom is -0.457 e. The van der Waals surface area contributed by atoms with E-state index in [-0.39, 0.29) is 18.5 Å². The van der Waals surface area contributed by atoms with Gasteiger partial charge in [-0.15, -0.1) is 0 Å². The first kappa shape index (κ1) is 15.2. The van der Waals surface area contributed by atoms with E-state index in [2.05, 4.69) is 4.98 Å². The number of carbonyl (C=O) groups is 1. The summed E-state index contributed by atoms with van der Waals surface area (Å²) in [4.78, 5) is 16.6. The Morgan fingerprint density at radius 1 is 1.13 bits per heavy atom. The number of hydrogen-bond donors (Lipinski definition) is 0. The van der Waals surface area contributed by atoms with E-state index in [1.165, 1.54) is 0 Å². The number of rotatable bonds is 4. The smallest absolute Gasteiger partial charge is 0.310 e. The number of pyridine rings is 1. The van der Waals surface area contributed by atoms with E-state index >= 15 is 0 Å². The Bertz CT molecular complexity index is 842. The molecule has 0 aliphatic carbocycles. The molecule has 0 spiro atoms. The summed E-state index contributed by atoms with van der Waals surface area (Å²) in [6.45, 7) is 3.88. The van der Waals surface area contributed by atoms with Crippen molar-refractivity contribution in [3.8, 4) is 0 Å². The van der Waals surface area contributed by atoms with Crippen LogP contribution in [0.4, 0.5) is 0 Å². The number of nitrogens with zero attached hydrogens (tertiary/aromatic N) is 1. The third-order valence-electron chi connectivity index (χ3n) is 3.99. The van der Waals surface area contributed by atoms with Crippen molar-refractivity contribution in [2.24, 2.45) is 0 Å². The largest absolute Gasteiger partial charge is 0.457 e. The maximum absolute atomic E-state index is 12.2. The fourth-order valence-corrected chi connectivity index (χ4v) is 2.58. The van der Waals surface area contributed by atoms with E-state index in [9.17, 15) is 4.79 Å². The Balaban J connectivity index is 1.71. The average Bonchev–Trinajstić information content (AvgIpc) is 2.56. The van der Waals surface area contributed by atoms with Gasteiger partial charge in [0.15, 0.2) is 0 Å². The van der Waals surface area contributed by atoms with Crippen LogP contribution in [0, 0.1) is 6.92 Å². The first-order chi connectivity index (χ1) is 11.1. The zero-order chi connectivity index (χ0) is 16.2. The van der Waals surface area contributed by atoms with Gasteiger partial charge in [-0.25, -0.2) is 0 Å². The summed E-state index contributed by atoms with van der Waals surface area (Å²) in [5.41, 5.74) is 3.95. The Hall–Kier alpha value is -2.68. The highest BCUT2D eigenvalue weighted by molar-refractivity contribution is 5.79. The van der Waals surface area contributed by atoms with E-state index in [0.29, 0.717) is 0 Å². The lowest BCUT2D eigenvalue weighted by atomic mass is 10.1. The first-order valence-corrected chi connectivity index (χ1v) is 7.72. The third-order valence-corrected chi connectivity index (χ3v) is 3.99. The van der Waals surface area contributed by atoms with Crippen LogP contribution in [0.1, 0.15) is 29.7 Å². The Kier molecular flexibility index (Phi) is 4.38. The molecule has 3 rings (SSSR count). The topological polar surface area (TPSA) is 39.2 Å². The summed E-state index contributed by atoms with van der Waals surface area (Å²) < 4.78 is 5.57. The van der Waals surface area contributed by atoms with Crippen molar-refractivity contribution in [1.29, 1.82) is 0 Å². The van der Waals surface area contributed by atoms with E-state index in [1.807, 2.05) is 68.4 Å². The van der Waals surface area contributed by atoms with Gasteiger partial charge in [0, 0.05) is 17.1 Å². The van der Waals surface area contributed by atoms with Gasteiger partial charge in [-0.2, -0.15) is 0 Å². The molecular weight excluding hydrogens is 286 g/mol. The minimum absolute atomic E-state index is 0.222. The minimum atomic E-state index is -0.316. The maximum Gasteiger partial charge on any atom is 0.310 e.